The summed E-state index contributed by atoms with van der Waals surface area (Å²) in [6, 6.07) is 15.8. The second kappa shape index (κ2) is 8.09. The van der Waals surface area contributed by atoms with Crippen LogP contribution in [0.2, 0.25) is 0 Å². The first-order chi connectivity index (χ1) is 15.5. The lowest BCUT2D eigenvalue weighted by atomic mass is 9.95. The molecule has 1 aliphatic rings. The summed E-state index contributed by atoms with van der Waals surface area (Å²) in [7, 11) is 0. The number of carbonyl (C=O) groups excluding carboxylic acids is 2. The molecule has 3 N–H and O–H groups in total. The van der Waals surface area contributed by atoms with E-state index in [0.717, 1.165) is 41.5 Å². The van der Waals surface area contributed by atoms with Crippen LogP contribution in [-0.4, -0.2) is 11.8 Å². The lowest BCUT2D eigenvalue weighted by Crippen LogP contribution is -2.18. The Kier molecular flexibility index (Phi) is 5.11. The molecular weight excluding hydrogens is 424 g/mol. The molecule has 160 valence electrons. The van der Waals surface area contributed by atoms with E-state index in [0.29, 0.717) is 32.8 Å². The maximum atomic E-state index is 12.9. The van der Waals surface area contributed by atoms with E-state index in [9.17, 15) is 14.4 Å². The van der Waals surface area contributed by atoms with Gasteiger partial charge in [0.05, 0.1) is 11.1 Å². The summed E-state index contributed by atoms with van der Waals surface area (Å²) in [5.74, 6) is -0.846. The quantitative estimate of drug-likeness (QED) is 0.443. The van der Waals surface area contributed by atoms with Gasteiger partial charge in [-0.2, -0.15) is 0 Å². The SMILES string of the molecule is NC(=O)c1c(NC(=O)c2ccc(-c3cc4ccccc4oc3=O)cc2)sc2c1CCCC2. The van der Waals surface area contributed by atoms with Crippen LogP contribution in [0.4, 0.5) is 5.00 Å². The fourth-order valence-electron chi connectivity index (χ4n) is 4.15. The molecule has 4 aromatic rings. The first-order valence-electron chi connectivity index (χ1n) is 10.4. The van der Waals surface area contributed by atoms with Gasteiger partial charge in [-0.1, -0.05) is 30.3 Å². The monoisotopic (exact) mass is 444 g/mol. The highest BCUT2D eigenvalue weighted by molar-refractivity contribution is 7.17. The number of para-hydroxylation sites is 1. The largest absolute Gasteiger partial charge is 0.422 e. The molecule has 0 fully saturated rings. The van der Waals surface area contributed by atoms with Crippen molar-refractivity contribution in [3.8, 4) is 11.1 Å². The minimum Gasteiger partial charge on any atom is -0.422 e. The molecule has 0 saturated heterocycles. The molecule has 2 aromatic heterocycles. The van der Waals surface area contributed by atoms with Gasteiger partial charge in [0.1, 0.15) is 10.6 Å². The van der Waals surface area contributed by atoms with Crippen molar-refractivity contribution in [1.29, 1.82) is 0 Å². The molecule has 6 nitrogen and oxygen atoms in total. The highest BCUT2D eigenvalue weighted by Gasteiger charge is 2.25. The van der Waals surface area contributed by atoms with Gasteiger partial charge in [-0.05, 0) is 61.1 Å². The summed E-state index contributed by atoms with van der Waals surface area (Å²) in [6.07, 6.45) is 3.80. The van der Waals surface area contributed by atoms with Crippen LogP contribution in [0.1, 0.15) is 44.0 Å². The lowest BCUT2D eigenvalue weighted by Gasteiger charge is -2.11. The van der Waals surface area contributed by atoms with Gasteiger partial charge in [0.2, 0.25) is 0 Å². The number of rotatable bonds is 4. The van der Waals surface area contributed by atoms with Gasteiger partial charge in [-0.25, -0.2) is 4.79 Å². The first-order valence-corrected chi connectivity index (χ1v) is 11.2. The average molecular weight is 445 g/mol. The smallest absolute Gasteiger partial charge is 0.344 e. The van der Waals surface area contributed by atoms with Gasteiger partial charge in [0, 0.05) is 15.8 Å². The summed E-state index contributed by atoms with van der Waals surface area (Å²) in [6.45, 7) is 0. The van der Waals surface area contributed by atoms with Crippen molar-refractivity contribution >= 4 is 39.1 Å². The van der Waals surface area contributed by atoms with Crippen molar-refractivity contribution in [3.63, 3.8) is 0 Å². The number of carbonyl (C=O) groups is 2. The second-order valence-corrected chi connectivity index (χ2v) is 8.90. The number of anilines is 1. The molecule has 1 aliphatic carbocycles. The van der Waals surface area contributed by atoms with Crippen molar-refractivity contribution < 1.29 is 14.0 Å². The van der Waals surface area contributed by atoms with E-state index in [4.69, 9.17) is 10.2 Å². The molecule has 2 aromatic carbocycles. The van der Waals surface area contributed by atoms with Gasteiger partial charge in [-0.3, -0.25) is 9.59 Å². The van der Waals surface area contributed by atoms with Crippen LogP contribution in [0, 0.1) is 0 Å². The highest BCUT2D eigenvalue weighted by Crippen LogP contribution is 2.38. The van der Waals surface area contributed by atoms with E-state index in [1.54, 1.807) is 36.4 Å². The zero-order valence-electron chi connectivity index (χ0n) is 17.1. The Bertz CT molecular complexity index is 1420. The van der Waals surface area contributed by atoms with E-state index in [2.05, 4.69) is 5.32 Å². The molecule has 32 heavy (non-hydrogen) atoms. The fraction of sp³-hybridized carbons (Fsp3) is 0.160. The molecular formula is C25H20N2O4S. The van der Waals surface area contributed by atoms with Gasteiger partial charge < -0.3 is 15.5 Å². The third-order valence-electron chi connectivity index (χ3n) is 5.74. The van der Waals surface area contributed by atoms with Crippen LogP contribution in [0.15, 0.2) is 63.8 Å². The first kappa shape index (κ1) is 20.2. The fourth-order valence-corrected chi connectivity index (χ4v) is 5.44. The van der Waals surface area contributed by atoms with E-state index >= 15 is 0 Å². The number of thiophene rings is 1. The Morgan fingerprint density at radius 1 is 1.00 bits per heavy atom. The molecule has 0 unspecified atom stereocenters. The minimum absolute atomic E-state index is 0.330. The molecule has 0 aliphatic heterocycles. The average Bonchev–Trinajstić information content (AvgIpc) is 3.16. The molecule has 0 atom stereocenters. The maximum absolute atomic E-state index is 12.9. The molecule has 0 bridgehead atoms. The van der Waals surface area contributed by atoms with E-state index in [-0.39, 0.29) is 5.91 Å². The Morgan fingerprint density at radius 2 is 1.75 bits per heavy atom. The second-order valence-electron chi connectivity index (χ2n) is 7.80. The zero-order chi connectivity index (χ0) is 22.2. The number of aryl methyl sites for hydroxylation is 1. The predicted octanol–water partition coefficient (Wildman–Crippen LogP) is 4.75. The van der Waals surface area contributed by atoms with E-state index < -0.39 is 11.5 Å². The summed E-state index contributed by atoms with van der Waals surface area (Å²) >= 11 is 1.43. The van der Waals surface area contributed by atoms with Gasteiger partial charge >= 0.3 is 5.63 Å². The normalized spacial score (nSPS) is 13.0. The van der Waals surface area contributed by atoms with E-state index in [1.807, 2.05) is 18.2 Å². The summed E-state index contributed by atoms with van der Waals surface area (Å²) in [4.78, 5) is 38.4. The van der Waals surface area contributed by atoms with E-state index in [1.165, 1.54) is 11.3 Å². The number of hydrogen-bond acceptors (Lipinski definition) is 5. The van der Waals surface area contributed by atoms with Crippen LogP contribution >= 0.6 is 11.3 Å². The Hall–Kier alpha value is -3.71. The molecule has 7 heteroatoms. The third-order valence-corrected chi connectivity index (χ3v) is 6.95. The number of amides is 2. The van der Waals surface area contributed by atoms with Gasteiger partial charge in [0.15, 0.2) is 0 Å². The number of benzene rings is 2. The van der Waals surface area contributed by atoms with Crippen molar-refractivity contribution in [1.82, 2.24) is 0 Å². The third kappa shape index (κ3) is 3.61. The molecule has 0 radical (unpaired) electrons. The van der Waals surface area contributed by atoms with Crippen LogP contribution in [0.3, 0.4) is 0 Å². The Labute approximate surface area is 187 Å². The molecule has 2 heterocycles. The van der Waals surface area contributed by atoms with Crippen molar-refractivity contribution in [2.75, 3.05) is 5.32 Å². The minimum atomic E-state index is -0.516. The summed E-state index contributed by atoms with van der Waals surface area (Å²) in [5, 5.41) is 4.19. The predicted molar refractivity (Wildman–Crippen MR) is 125 cm³/mol. The number of primary amides is 1. The van der Waals surface area contributed by atoms with Crippen LogP contribution in [0.25, 0.3) is 22.1 Å². The number of fused-ring (bicyclic) bond motifs is 2. The lowest BCUT2D eigenvalue weighted by molar-refractivity contribution is 0.100. The summed E-state index contributed by atoms with van der Waals surface area (Å²) in [5.41, 5.74) is 8.62. The van der Waals surface area contributed by atoms with Crippen LogP contribution in [-0.2, 0) is 12.8 Å². The number of hydrogen-bond donors (Lipinski definition) is 2. The highest BCUT2D eigenvalue weighted by atomic mass is 32.1. The molecule has 5 rings (SSSR count). The van der Waals surface area contributed by atoms with Crippen molar-refractivity contribution in [2.45, 2.75) is 25.7 Å². The standard InChI is InChI=1S/C25H20N2O4S/c26-22(28)21-17-6-2-4-8-20(17)32-24(21)27-23(29)15-11-9-14(10-12-15)18-13-16-5-1-3-7-19(16)31-25(18)30/h1,3,5,7,9-13H,2,4,6,8H2,(H2,26,28)(H,27,29). The van der Waals surface area contributed by atoms with Crippen molar-refractivity contribution in [3.05, 3.63) is 86.6 Å². The van der Waals surface area contributed by atoms with Gasteiger partial charge in [0.25, 0.3) is 11.8 Å². The van der Waals surface area contributed by atoms with Crippen LogP contribution in [0.5, 0.6) is 0 Å². The number of nitrogens with one attached hydrogen (secondary N) is 1. The molecule has 2 amide bonds. The zero-order valence-corrected chi connectivity index (χ0v) is 18.0. The molecule has 0 saturated carbocycles. The Morgan fingerprint density at radius 3 is 2.53 bits per heavy atom. The van der Waals surface area contributed by atoms with Crippen LogP contribution < -0.4 is 16.7 Å². The van der Waals surface area contributed by atoms with Crippen molar-refractivity contribution in [2.24, 2.45) is 5.73 Å². The maximum Gasteiger partial charge on any atom is 0.344 e. The summed E-state index contributed by atoms with van der Waals surface area (Å²) < 4.78 is 5.40. The topological polar surface area (TPSA) is 102 Å². The molecule has 0 spiro atoms. The van der Waals surface area contributed by atoms with Gasteiger partial charge in [-0.15, -0.1) is 11.3 Å². The number of nitrogens with two attached hydrogens (primary N) is 1. The Balaban J connectivity index is 1.42.